The van der Waals surface area contributed by atoms with Gasteiger partial charge in [0, 0.05) is 23.7 Å². The molecule has 3 aromatic rings. The minimum absolute atomic E-state index is 0.136. The molecule has 4 rings (SSSR count). The van der Waals surface area contributed by atoms with Gasteiger partial charge in [-0.15, -0.1) is 0 Å². The maximum atomic E-state index is 14.0. The predicted molar refractivity (Wildman–Crippen MR) is 112 cm³/mol. The number of para-hydroxylation sites is 1. The number of benzene rings is 2. The quantitative estimate of drug-likeness (QED) is 0.574. The molecule has 2 aromatic carbocycles. The van der Waals surface area contributed by atoms with E-state index >= 15 is 0 Å². The zero-order valence-electron chi connectivity index (χ0n) is 17.1. The third-order valence-electron chi connectivity index (χ3n) is 4.80. The number of halogens is 2. The summed E-state index contributed by atoms with van der Waals surface area (Å²) in [7, 11) is 0. The van der Waals surface area contributed by atoms with Gasteiger partial charge in [0.1, 0.15) is 18.0 Å². The van der Waals surface area contributed by atoms with Gasteiger partial charge in [-0.2, -0.15) is 0 Å². The Morgan fingerprint density at radius 1 is 1.23 bits per heavy atom. The third-order valence-corrected chi connectivity index (χ3v) is 5.03. The molecule has 1 amide bonds. The van der Waals surface area contributed by atoms with Crippen molar-refractivity contribution in [2.75, 3.05) is 6.54 Å². The van der Waals surface area contributed by atoms with Crippen molar-refractivity contribution in [3.05, 3.63) is 58.6 Å². The van der Waals surface area contributed by atoms with Gasteiger partial charge in [-0.25, -0.2) is 14.2 Å². The molecule has 0 saturated carbocycles. The van der Waals surface area contributed by atoms with Crippen molar-refractivity contribution in [3.63, 3.8) is 0 Å². The van der Waals surface area contributed by atoms with E-state index < -0.39 is 11.4 Å². The molecule has 1 aromatic heterocycles. The summed E-state index contributed by atoms with van der Waals surface area (Å²) in [5.41, 5.74) is 2.04. The molecule has 8 heteroatoms. The smallest absolute Gasteiger partial charge is 0.410 e. The van der Waals surface area contributed by atoms with E-state index in [1.54, 1.807) is 11.0 Å². The van der Waals surface area contributed by atoms with Crippen LogP contribution in [0.4, 0.5) is 9.18 Å². The highest BCUT2D eigenvalue weighted by molar-refractivity contribution is 6.30. The Labute approximate surface area is 179 Å². The Morgan fingerprint density at radius 2 is 2.03 bits per heavy atom. The lowest BCUT2D eigenvalue weighted by molar-refractivity contribution is 0.0196. The molecule has 158 valence electrons. The van der Waals surface area contributed by atoms with E-state index in [2.05, 4.69) is 4.57 Å². The molecule has 0 spiro atoms. The molecular weight excluding hydrogens is 409 g/mol. The van der Waals surface area contributed by atoms with Crippen LogP contribution in [0.1, 0.15) is 32.2 Å². The SMILES string of the molecule is CC(C)(C)OC(=O)N1CCn2c(nc3c(COc4ccc(Cl)cc4F)cccc32)C1. The first kappa shape index (κ1) is 20.5. The second kappa shape index (κ2) is 7.80. The fourth-order valence-electron chi connectivity index (χ4n) is 3.44. The number of hydrogen-bond acceptors (Lipinski definition) is 4. The number of fused-ring (bicyclic) bond motifs is 3. The van der Waals surface area contributed by atoms with Crippen LogP contribution in [-0.2, 0) is 24.4 Å². The van der Waals surface area contributed by atoms with Crippen LogP contribution in [-0.4, -0.2) is 32.7 Å². The monoisotopic (exact) mass is 431 g/mol. The molecule has 1 aliphatic heterocycles. The Hall–Kier alpha value is -2.80. The molecule has 0 atom stereocenters. The Bertz CT molecular complexity index is 1110. The Balaban J connectivity index is 1.56. The first-order valence-electron chi connectivity index (χ1n) is 9.74. The van der Waals surface area contributed by atoms with Crippen molar-refractivity contribution in [2.24, 2.45) is 0 Å². The molecule has 0 N–H and O–H groups in total. The predicted octanol–water partition coefficient (Wildman–Crippen LogP) is 5.16. The lowest BCUT2D eigenvalue weighted by Gasteiger charge is -2.30. The molecule has 0 saturated heterocycles. The summed E-state index contributed by atoms with van der Waals surface area (Å²) in [6.45, 7) is 7.25. The van der Waals surface area contributed by atoms with Crippen LogP contribution >= 0.6 is 11.6 Å². The third kappa shape index (κ3) is 4.21. The van der Waals surface area contributed by atoms with E-state index in [4.69, 9.17) is 26.1 Å². The average molecular weight is 432 g/mol. The van der Waals surface area contributed by atoms with Gasteiger partial charge in [-0.05, 0) is 45.0 Å². The van der Waals surface area contributed by atoms with Crippen LogP contribution < -0.4 is 4.74 Å². The van der Waals surface area contributed by atoms with Gasteiger partial charge in [-0.3, -0.25) is 4.90 Å². The second-order valence-corrected chi connectivity index (χ2v) is 8.67. The first-order valence-corrected chi connectivity index (χ1v) is 10.1. The van der Waals surface area contributed by atoms with Crippen molar-refractivity contribution in [1.29, 1.82) is 0 Å². The van der Waals surface area contributed by atoms with Gasteiger partial charge in [-0.1, -0.05) is 23.7 Å². The van der Waals surface area contributed by atoms with Crippen molar-refractivity contribution in [1.82, 2.24) is 14.5 Å². The lowest BCUT2D eigenvalue weighted by Crippen LogP contribution is -2.41. The number of rotatable bonds is 3. The molecule has 0 unspecified atom stereocenters. The number of aromatic nitrogens is 2. The number of amides is 1. The normalized spacial score (nSPS) is 14.0. The molecule has 0 bridgehead atoms. The fourth-order valence-corrected chi connectivity index (χ4v) is 3.60. The average Bonchev–Trinajstić information content (AvgIpc) is 3.04. The summed E-state index contributed by atoms with van der Waals surface area (Å²) in [6.07, 6.45) is -0.345. The van der Waals surface area contributed by atoms with Crippen molar-refractivity contribution < 1.29 is 18.7 Å². The maximum Gasteiger partial charge on any atom is 0.410 e. The number of imidazole rings is 1. The standard InChI is InChI=1S/C22H23ClFN3O3/c1-22(2,3)30-21(28)26-9-10-27-17-6-4-5-14(20(17)25-19(27)12-26)13-29-18-8-7-15(23)11-16(18)24/h4-8,11H,9-10,12-13H2,1-3H3. The van der Waals surface area contributed by atoms with E-state index in [0.717, 1.165) is 22.4 Å². The highest BCUT2D eigenvalue weighted by Gasteiger charge is 2.28. The van der Waals surface area contributed by atoms with Gasteiger partial charge in [0.25, 0.3) is 0 Å². The molecule has 6 nitrogen and oxygen atoms in total. The highest BCUT2D eigenvalue weighted by atomic mass is 35.5. The van der Waals surface area contributed by atoms with Gasteiger partial charge in [0.15, 0.2) is 11.6 Å². The van der Waals surface area contributed by atoms with E-state index in [-0.39, 0.29) is 18.4 Å². The van der Waals surface area contributed by atoms with Gasteiger partial charge < -0.3 is 14.0 Å². The number of nitrogens with zero attached hydrogens (tertiary/aromatic N) is 3. The Morgan fingerprint density at radius 3 is 2.77 bits per heavy atom. The molecule has 1 aliphatic rings. The van der Waals surface area contributed by atoms with Gasteiger partial charge in [0.05, 0.1) is 17.6 Å². The van der Waals surface area contributed by atoms with E-state index in [1.807, 2.05) is 39.0 Å². The molecular formula is C22H23ClFN3O3. The van der Waals surface area contributed by atoms with Crippen molar-refractivity contribution in [2.45, 2.75) is 46.1 Å². The first-order chi connectivity index (χ1) is 14.2. The van der Waals surface area contributed by atoms with Crippen LogP contribution in [0.25, 0.3) is 11.0 Å². The zero-order chi connectivity index (χ0) is 21.5. The number of hydrogen-bond donors (Lipinski definition) is 0. The van der Waals surface area contributed by atoms with Gasteiger partial charge in [0.2, 0.25) is 0 Å². The number of carbonyl (C=O) groups is 1. The summed E-state index contributed by atoms with van der Waals surface area (Å²) in [4.78, 5) is 18.8. The fraction of sp³-hybridized carbons (Fsp3) is 0.364. The van der Waals surface area contributed by atoms with Crippen LogP contribution in [0.3, 0.4) is 0 Å². The van der Waals surface area contributed by atoms with Crippen molar-refractivity contribution >= 4 is 28.7 Å². The summed E-state index contributed by atoms with van der Waals surface area (Å²) < 4.78 is 27.3. The van der Waals surface area contributed by atoms with Crippen LogP contribution in [0.5, 0.6) is 5.75 Å². The zero-order valence-corrected chi connectivity index (χ0v) is 17.9. The molecule has 0 aliphatic carbocycles. The largest absolute Gasteiger partial charge is 0.486 e. The van der Waals surface area contributed by atoms with E-state index in [1.165, 1.54) is 12.1 Å². The van der Waals surface area contributed by atoms with Crippen LogP contribution in [0.2, 0.25) is 5.02 Å². The number of carbonyl (C=O) groups excluding carboxylic acids is 1. The summed E-state index contributed by atoms with van der Waals surface area (Å²) in [5.74, 6) is 0.413. The van der Waals surface area contributed by atoms with Gasteiger partial charge >= 0.3 is 6.09 Å². The molecule has 0 radical (unpaired) electrons. The summed E-state index contributed by atoms with van der Waals surface area (Å²) in [5, 5.41) is 0.318. The van der Waals surface area contributed by atoms with E-state index in [0.29, 0.717) is 24.7 Å². The van der Waals surface area contributed by atoms with E-state index in [9.17, 15) is 9.18 Å². The maximum absolute atomic E-state index is 14.0. The van der Waals surface area contributed by atoms with Crippen LogP contribution in [0.15, 0.2) is 36.4 Å². The highest BCUT2D eigenvalue weighted by Crippen LogP contribution is 2.27. The molecule has 2 heterocycles. The molecule has 30 heavy (non-hydrogen) atoms. The number of ether oxygens (including phenoxy) is 2. The minimum Gasteiger partial charge on any atom is -0.486 e. The lowest BCUT2D eigenvalue weighted by atomic mass is 10.2. The molecule has 0 fully saturated rings. The second-order valence-electron chi connectivity index (χ2n) is 8.23. The Kier molecular flexibility index (Phi) is 5.32. The van der Waals surface area contributed by atoms with Crippen LogP contribution in [0, 0.1) is 5.82 Å². The minimum atomic E-state index is -0.546. The summed E-state index contributed by atoms with van der Waals surface area (Å²) >= 11 is 5.79. The topological polar surface area (TPSA) is 56.6 Å². The van der Waals surface area contributed by atoms with Crippen molar-refractivity contribution in [3.8, 4) is 5.75 Å². The summed E-state index contributed by atoms with van der Waals surface area (Å²) in [6, 6.07) is 10.1.